The zero-order valence-electron chi connectivity index (χ0n) is 11.7. The van der Waals surface area contributed by atoms with E-state index in [2.05, 4.69) is 12.2 Å². The number of ether oxygens (including phenoxy) is 1. The second-order valence-electron chi connectivity index (χ2n) is 5.65. The van der Waals surface area contributed by atoms with Crippen molar-refractivity contribution in [3.63, 3.8) is 0 Å². The predicted octanol–water partition coefficient (Wildman–Crippen LogP) is 2.33. The quantitative estimate of drug-likeness (QED) is 0.721. The number of hydrogen-bond acceptors (Lipinski definition) is 3. The summed E-state index contributed by atoms with van der Waals surface area (Å²) in [6, 6.07) is 0. The molecule has 3 unspecified atom stereocenters. The molecule has 3 atom stereocenters. The molecule has 1 fully saturated rings. The van der Waals surface area contributed by atoms with Crippen molar-refractivity contribution in [2.45, 2.75) is 64.0 Å². The molecule has 0 spiro atoms. The molecule has 0 heterocycles. The van der Waals surface area contributed by atoms with E-state index >= 15 is 0 Å². The van der Waals surface area contributed by atoms with Gasteiger partial charge in [-0.2, -0.15) is 0 Å². The molecule has 0 saturated heterocycles. The van der Waals surface area contributed by atoms with Crippen LogP contribution >= 0.6 is 0 Å². The van der Waals surface area contributed by atoms with E-state index in [-0.39, 0.29) is 12.1 Å². The fourth-order valence-corrected chi connectivity index (χ4v) is 2.50. The van der Waals surface area contributed by atoms with Crippen LogP contribution in [0.5, 0.6) is 0 Å². The minimum Gasteiger partial charge on any atom is -0.394 e. The maximum Gasteiger partial charge on any atom is 0.0611 e. The van der Waals surface area contributed by atoms with Gasteiger partial charge in [-0.15, -0.1) is 0 Å². The van der Waals surface area contributed by atoms with Crippen molar-refractivity contribution < 1.29 is 9.84 Å². The monoisotopic (exact) mass is 243 g/mol. The van der Waals surface area contributed by atoms with Crippen molar-refractivity contribution >= 4 is 0 Å². The predicted molar refractivity (Wildman–Crippen MR) is 71.2 cm³/mol. The molecule has 0 aliphatic heterocycles. The molecule has 17 heavy (non-hydrogen) atoms. The smallest absolute Gasteiger partial charge is 0.0611 e. The van der Waals surface area contributed by atoms with Crippen molar-refractivity contribution in [1.82, 2.24) is 5.32 Å². The Kier molecular flexibility index (Phi) is 6.45. The molecule has 2 N–H and O–H groups in total. The Morgan fingerprint density at radius 3 is 2.76 bits per heavy atom. The normalized spacial score (nSPS) is 28.9. The zero-order chi connectivity index (χ0) is 12.7. The third-order valence-corrected chi connectivity index (χ3v) is 4.27. The van der Waals surface area contributed by atoms with E-state index in [0.29, 0.717) is 6.10 Å². The molecule has 0 amide bonds. The van der Waals surface area contributed by atoms with E-state index in [0.717, 1.165) is 18.9 Å². The van der Waals surface area contributed by atoms with Crippen LogP contribution in [0, 0.1) is 5.92 Å². The van der Waals surface area contributed by atoms with Crippen LogP contribution < -0.4 is 5.32 Å². The molecule has 1 rings (SSSR count). The summed E-state index contributed by atoms with van der Waals surface area (Å²) in [4.78, 5) is 0. The highest BCUT2D eigenvalue weighted by atomic mass is 16.5. The van der Waals surface area contributed by atoms with Crippen LogP contribution in [0.3, 0.4) is 0 Å². The van der Waals surface area contributed by atoms with Crippen molar-refractivity contribution in [1.29, 1.82) is 0 Å². The molecule has 0 aromatic heterocycles. The summed E-state index contributed by atoms with van der Waals surface area (Å²) in [5.74, 6) is 0.863. The molecule has 1 aliphatic carbocycles. The van der Waals surface area contributed by atoms with Gasteiger partial charge in [0.2, 0.25) is 0 Å². The molecular formula is C14H29NO2. The van der Waals surface area contributed by atoms with Crippen molar-refractivity contribution in [2.75, 3.05) is 20.3 Å². The molecule has 102 valence electrons. The Balaban J connectivity index is 2.21. The van der Waals surface area contributed by atoms with Gasteiger partial charge in [-0.1, -0.05) is 26.2 Å². The molecule has 3 heteroatoms. The maximum atomic E-state index is 9.28. The largest absolute Gasteiger partial charge is 0.394 e. The summed E-state index contributed by atoms with van der Waals surface area (Å²) in [6.45, 7) is 5.22. The van der Waals surface area contributed by atoms with Crippen LogP contribution in [0.4, 0.5) is 0 Å². The highest BCUT2D eigenvalue weighted by molar-refractivity contribution is 4.80. The van der Waals surface area contributed by atoms with Crippen LogP contribution in [0.15, 0.2) is 0 Å². The minimum atomic E-state index is -0.196. The number of aliphatic hydroxyl groups excluding tert-OH is 1. The first-order valence-corrected chi connectivity index (χ1v) is 7.05. The number of rotatable bonds is 7. The summed E-state index contributed by atoms with van der Waals surface area (Å²) in [5, 5.41) is 12.4. The molecular weight excluding hydrogens is 214 g/mol. The number of nitrogens with one attached hydrogen (secondary N) is 1. The van der Waals surface area contributed by atoms with E-state index < -0.39 is 0 Å². The van der Waals surface area contributed by atoms with Crippen LogP contribution in [-0.4, -0.2) is 37.0 Å². The second kappa shape index (κ2) is 7.34. The van der Waals surface area contributed by atoms with E-state index in [9.17, 15) is 5.11 Å². The lowest BCUT2D eigenvalue weighted by Crippen LogP contribution is -2.44. The van der Waals surface area contributed by atoms with E-state index in [1.165, 1.54) is 32.1 Å². The summed E-state index contributed by atoms with van der Waals surface area (Å²) in [5.41, 5.74) is -0.196. The van der Waals surface area contributed by atoms with Gasteiger partial charge in [0.15, 0.2) is 0 Å². The molecule has 0 aromatic carbocycles. The fourth-order valence-electron chi connectivity index (χ4n) is 2.50. The van der Waals surface area contributed by atoms with Gasteiger partial charge in [-0.25, -0.2) is 0 Å². The van der Waals surface area contributed by atoms with Crippen LogP contribution in [0.25, 0.3) is 0 Å². The fraction of sp³-hybridized carbons (Fsp3) is 1.00. The first kappa shape index (κ1) is 14.9. The standard InChI is InChI=1S/C14H29NO2/c1-4-12-6-5-7-13(10-12)17-9-8-14(2,11-16)15-3/h12-13,15-16H,4-11H2,1-3H3. The Labute approximate surface area is 106 Å². The number of hydrogen-bond donors (Lipinski definition) is 2. The lowest BCUT2D eigenvalue weighted by molar-refractivity contribution is -0.000955. The second-order valence-corrected chi connectivity index (χ2v) is 5.65. The number of aliphatic hydroxyl groups is 1. The van der Waals surface area contributed by atoms with Crippen LogP contribution in [0.1, 0.15) is 52.4 Å². The molecule has 0 radical (unpaired) electrons. The van der Waals surface area contributed by atoms with Crippen molar-refractivity contribution in [2.24, 2.45) is 5.92 Å². The van der Waals surface area contributed by atoms with Gasteiger partial charge in [-0.3, -0.25) is 0 Å². The Bertz CT molecular complexity index is 204. The Morgan fingerprint density at radius 1 is 1.41 bits per heavy atom. The number of likely N-dealkylation sites (N-methyl/N-ethyl adjacent to an activating group) is 1. The van der Waals surface area contributed by atoms with Gasteiger partial charge in [0.1, 0.15) is 0 Å². The van der Waals surface area contributed by atoms with Gasteiger partial charge in [0.25, 0.3) is 0 Å². The lowest BCUT2D eigenvalue weighted by Gasteiger charge is -2.31. The molecule has 1 saturated carbocycles. The first-order chi connectivity index (χ1) is 8.13. The Morgan fingerprint density at radius 2 is 2.18 bits per heavy atom. The maximum absolute atomic E-state index is 9.28. The van der Waals surface area contributed by atoms with E-state index in [1.54, 1.807) is 0 Å². The molecule has 1 aliphatic rings. The van der Waals surface area contributed by atoms with Gasteiger partial charge in [0, 0.05) is 12.1 Å². The van der Waals surface area contributed by atoms with Crippen LogP contribution in [0.2, 0.25) is 0 Å². The summed E-state index contributed by atoms with van der Waals surface area (Å²) in [7, 11) is 1.89. The lowest BCUT2D eigenvalue weighted by atomic mass is 9.85. The van der Waals surface area contributed by atoms with Crippen LogP contribution in [-0.2, 0) is 4.74 Å². The zero-order valence-corrected chi connectivity index (χ0v) is 11.7. The topological polar surface area (TPSA) is 41.5 Å². The highest BCUT2D eigenvalue weighted by Crippen LogP contribution is 2.28. The molecule has 0 bridgehead atoms. The van der Waals surface area contributed by atoms with Gasteiger partial charge < -0.3 is 15.2 Å². The molecule has 3 nitrogen and oxygen atoms in total. The third kappa shape index (κ3) is 4.94. The van der Waals surface area contributed by atoms with E-state index in [4.69, 9.17) is 4.74 Å². The van der Waals surface area contributed by atoms with Gasteiger partial charge >= 0.3 is 0 Å². The average molecular weight is 243 g/mol. The minimum absolute atomic E-state index is 0.162. The Hall–Kier alpha value is -0.120. The average Bonchev–Trinajstić information content (AvgIpc) is 2.39. The summed E-state index contributed by atoms with van der Waals surface area (Å²) >= 11 is 0. The molecule has 0 aromatic rings. The first-order valence-electron chi connectivity index (χ1n) is 7.05. The van der Waals surface area contributed by atoms with Crippen molar-refractivity contribution in [3.05, 3.63) is 0 Å². The van der Waals surface area contributed by atoms with Gasteiger partial charge in [0.05, 0.1) is 12.7 Å². The summed E-state index contributed by atoms with van der Waals surface area (Å²) < 4.78 is 5.96. The summed E-state index contributed by atoms with van der Waals surface area (Å²) in [6.07, 6.45) is 7.73. The van der Waals surface area contributed by atoms with Gasteiger partial charge in [-0.05, 0) is 39.2 Å². The SMILES string of the molecule is CCC1CCCC(OCCC(C)(CO)NC)C1. The highest BCUT2D eigenvalue weighted by Gasteiger charge is 2.24. The van der Waals surface area contributed by atoms with Crippen molar-refractivity contribution in [3.8, 4) is 0 Å². The van der Waals surface area contributed by atoms with E-state index in [1.807, 2.05) is 14.0 Å². The third-order valence-electron chi connectivity index (χ3n) is 4.27.